The molecule has 0 amide bonds. The molecular weight excluding hydrogens is 366 g/mol. The lowest BCUT2D eigenvalue weighted by atomic mass is 10.1. The molecule has 0 fully saturated rings. The number of rotatable bonds is 6. The maximum absolute atomic E-state index is 13.5. The molecule has 3 rings (SSSR count). The van der Waals surface area contributed by atoms with Crippen LogP contribution in [-0.2, 0) is 13.0 Å². The van der Waals surface area contributed by atoms with E-state index in [1.165, 1.54) is 6.07 Å². The van der Waals surface area contributed by atoms with E-state index in [9.17, 15) is 4.39 Å². The van der Waals surface area contributed by atoms with Crippen molar-refractivity contribution in [2.45, 2.75) is 13.0 Å². The Labute approximate surface area is 154 Å². The highest BCUT2D eigenvalue weighted by Crippen LogP contribution is 2.37. The summed E-state index contributed by atoms with van der Waals surface area (Å²) in [6.45, 7) is 1.31. The standard InChI is InChI=1S/C18H15Cl2FN2S/c19-13-5-3-6-14(20)18(13)16-10-23-17(24-16)11-22-9-8-12-4-1-2-7-15(12)21/h1-7,10,22H,8-9,11H2. The number of aromatic nitrogens is 1. The number of thiazole rings is 1. The van der Waals surface area contributed by atoms with Gasteiger partial charge in [-0.3, -0.25) is 0 Å². The van der Waals surface area contributed by atoms with Gasteiger partial charge < -0.3 is 5.32 Å². The number of halogens is 3. The molecule has 0 saturated carbocycles. The summed E-state index contributed by atoms with van der Waals surface area (Å²) < 4.78 is 13.5. The Morgan fingerprint density at radius 1 is 1.04 bits per heavy atom. The summed E-state index contributed by atoms with van der Waals surface area (Å²) in [7, 11) is 0. The van der Waals surface area contributed by atoms with Crippen molar-refractivity contribution in [1.29, 1.82) is 0 Å². The van der Waals surface area contributed by atoms with Gasteiger partial charge in [-0.1, -0.05) is 47.5 Å². The maximum atomic E-state index is 13.5. The molecule has 0 spiro atoms. The van der Waals surface area contributed by atoms with E-state index in [1.54, 1.807) is 29.7 Å². The van der Waals surface area contributed by atoms with Crippen molar-refractivity contribution in [3.05, 3.63) is 75.1 Å². The predicted molar refractivity (Wildman–Crippen MR) is 99.4 cm³/mol. The van der Waals surface area contributed by atoms with Crippen LogP contribution in [0, 0.1) is 5.82 Å². The van der Waals surface area contributed by atoms with Crippen LogP contribution >= 0.6 is 34.5 Å². The van der Waals surface area contributed by atoms with Crippen LogP contribution in [0.25, 0.3) is 10.4 Å². The van der Waals surface area contributed by atoms with Gasteiger partial charge in [0.25, 0.3) is 0 Å². The summed E-state index contributed by atoms with van der Waals surface area (Å²) in [5.74, 6) is -0.163. The second kappa shape index (κ2) is 8.08. The van der Waals surface area contributed by atoms with Crippen molar-refractivity contribution in [1.82, 2.24) is 10.3 Å². The van der Waals surface area contributed by atoms with Crippen molar-refractivity contribution in [3.63, 3.8) is 0 Å². The first kappa shape index (κ1) is 17.4. The van der Waals surface area contributed by atoms with Gasteiger partial charge in [0.05, 0.1) is 14.9 Å². The number of nitrogens with zero attached hydrogens (tertiary/aromatic N) is 1. The zero-order valence-corrected chi connectivity index (χ0v) is 15.1. The summed E-state index contributed by atoms with van der Waals surface area (Å²) in [6.07, 6.45) is 2.42. The Bertz CT molecular complexity index is 815. The topological polar surface area (TPSA) is 24.9 Å². The molecule has 2 aromatic carbocycles. The number of hydrogen-bond donors (Lipinski definition) is 1. The third-order valence-electron chi connectivity index (χ3n) is 3.57. The Hall–Kier alpha value is -1.46. The molecule has 0 radical (unpaired) electrons. The summed E-state index contributed by atoms with van der Waals surface area (Å²) >= 11 is 14.0. The van der Waals surface area contributed by atoms with Gasteiger partial charge in [-0.15, -0.1) is 11.3 Å². The van der Waals surface area contributed by atoms with Crippen molar-refractivity contribution >= 4 is 34.5 Å². The van der Waals surface area contributed by atoms with Crippen molar-refractivity contribution in [2.75, 3.05) is 6.54 Å². The van der Waals surface area contributed by atoms with Crippen LogP contribution in [0.1, 0.15) is 10.6 Å². The minimum atomic E-state index is -0.163. The van der Waals surface area contributed by atoms with E-state index >= 15 is 0 Å². The van der Waals surface area contributed by atoms with E-state index < -0.39 is 0 Å². The maximum Gasteiger partial charge on any atom is 0.126 e. The lowest BCUT2D eigenvalue weighted by molar-refractivity contribution is 0.597. The largest absolute Gasteiger partial charge is 0.310 e. The zero-order chi connectivity index (χ0) is 16.9. The highest BCUT2D eigenvalue weighted by atomic mass is 35.5. The Balaban J connectivity index is 1.58. The normalized spacial score (nSPS) is 11.0. The van der Waals surface area contributed by atoms with E-state index in [0.29, 0.717) is 35.1 Å². The molecule has 6 heteroatoms. The number of benzene rings is 2. The first-order valence-electron chi connectivity index (χ1n) is 7.48. The molecule has 0 bridgehead atoms. The van der Waals surface area contributed by atoms with Crippen molar-refractivity contribution < 1.29 is 4.39 Å². The van der Waals surface area contributed by atoms with E-state index in [1.807, 2.05) is 24.3 Å². The molecule has 1 heterocycles. The monoisotopic (exact) mass is 380 g/mol. The molecule has 24 heavy (non-hydrogen) atoms. The molecular formula is C18H15Cl2FN2S. The second-order valence-corrected chi connectivity index (χ2v) is 7.16. The van der Waals surface area contributed by atoms with Gasteiger partial charge in [0.15, 0.2) is 0 Å². The van der Waals surface area contributed by atoms with Crippen LogP contribution in [0.4, 0.5) is 4.39 Å². The quantitative estimate of drug-likeness (QED) is 0.563. The third kappa shape index (κ3) is 4.14. The zero-order valence-electron chi connectivity index (χ0n) is 12.7. The molecule has 124 valence electrons. The van der Waals surface area contributed by atoms with E-state index in [-0.39, 0.29) is 5.82 Å². The molecule has 0 aliphatic heterocycles. The van der Waals surface area contributed by atoms with Gasteiger partial charge >= 0.3 is 0 Å². The Kier molecular flexibility index (Phi) is 5.85. The first-order chi connectivity index (χ1) is 11.6. The average molecular weight is 381 g/mol. The molecule has 0 aliphatic carbocycles. The predicted octanol–water partition coefficient (Wildman–Crippen LogP) is 5.59. The van der Waals surface area contributed by atoms with Gasteiger partial charge in [-0.25, -0.2) is 9.37 Å². The minimum Gasteiger partial charge on any atom is -0.310 e. The highest BCUT2D eigenvalue weighted by molar-refractivity contribution is 7.15. The van der Waals surface area contributed by atoms with Crippen molar-refractivity contribution in [2.24, 2.45) is 0 Å². The molecule has 0 atom stereocenters. The molecule has 2 nitrogen and oxygen atoms in total. The van der Waals surface area contributed by atoms with E-state index in [0.717, 1.165) is 15.4 Å². The van der Waals surface area contributed by atoms with Gasteiger partial charge in [-0.2, -0.15) is 0 Å². The Morgan fingerprint density at radius 3 is 2.54 bits per heavy atom. The lowest BCUT2D eigenvalue weighted by Gasteiger charge is -2.04. The molecule has 0 aliphatic rings. The molecule has 0 unspecified atom stereocenters. The van der Waals surface area contributed by atoms with Crippen LogP contribution in [-0.4, -0.2) is 11.5 Å². The first-order valence-corrected chi connectivity index (χ1v) is 9.05. The van der Waals surface area contributed by atoms with Gasteiger partial charge in [-0.05, 0) is 36.7 Å². The van der Waals surface area contributed by atoms with Gasteiger partial charge in [0.2, 0.25) is 0 Å². The third-order valence-corrected chi connectivity index (χ3v) is 5.21. The van der Waals surface area contributed by atoms with E-state index in [2.05, 4.69) is 10.3 Å². The van der Waals surface area contributed by atoms with Crippen LogP contribution in [0.15, 0.2) is 48.7 Å². The molecule has 1 N–H and O–H groups in total. The van der Waals surface area contributed by atoms with Crippen molar-refractivity contribution in [3.8, 4) is 10.4 Å². The fourth-order valence-electron chi connectivity index (χ4n) is 2.36. The molecule has 1 aromatic heterocycles. The van der Waals surface area contributed by atoms with Gasteiger partial charge in [0, 0.05) is 18.3 Å². The summed E-state index contributed by atoms with van der Waals surface area (Å²) in [6, 6.07) is 12.3. The fourth-order valence-corrected chi connectivity index (χ4v) is 4.03. The summed E-state index contributed by atoms with van der Waals surface area (Å²) in [4.78, 5) is 5.34. The lowest BCUT2D eigenvalue weighted by Crippen LogP contribution is -2.16. The smallest absolute Gasteiger partial charge is 0.126 e. The minimum absolute atomic E-state index is 0.163. The fraction of sp³-hybridized carbons (Fsp3) is 0.167. The highest BCUT2D eigenvalue weighted by Gasteiger charge is 2.11. The van der Waals surface area contributed by atoms with E-state index in [4.69, 9.17) is 23.2 Å². The SMILES string of the molecule is Fc1ccccc1CCNCc1ncc(-c2c(Cl)cccc2Cl)s1. The van der Waals surface area contributed by atoms with Crippen LogP contribution < -0.4 is 5.32 Å². The summed E-state index contributed by atoms with van der Waals surface area (Å²) in [5, 5.41) is 5.46. The summed E-state index contributed by atoms with van der Waals surface area (Å²) in [5.41, 5.74) is 1.53. The van der Waals surface area contributed by atoms with Crippen LogP contribution in [0.2, 0.25) is 10.0 Å². The Morgan fingerprint density at radius 2 is 1.79 bits per heavy atom. The van der Waals surface area contributed by atoms with Crippen LogP contribution in [0.5, 0.6) is 0 Å². The van der Waals surface area contributed by atoms with Gasteiger partial charge in [0.1, 0.15) is 10.8 Å². The second-order valence-electron chi connectivity index (χ2n) is 5.23. The molecule has 0 saturated heterocycles. The number of hydrogen-bond acceptors (Lipinski definition) is 3. The number of nitrogens with one attached hydrogen (secondary N) is 1. The van der Waals surface area contributed by atoms with Crippen LogP contribution in [0.3, 0.4) is 0 Å². The average Bonchev–Trinajstić information content (AvgIpc) is 3.01. The molecule has 3 aromatic rings.